The molecule has 0 atom stereocenters. The minimum absolute atomic E-state index is 0.0333. The predicted octanol–water partition coefficient (Wildman–Crippen LogP) is 4.63. The maximum absolute atomic E-state index is 12.2. The van der Waals surface area contributed by atoms with E-state index in [1.807, 2.05) is 0 Å². The number of anilines is 1. The van der Waals surface area contributed by atoms with Crippen molar-refractivity contribution < 1.29 is 4.79 Å². The largest absolute Gasteiger partial charge is 0.398 e. The van der Waals surface area contributed by atoms with Gasteiger partial charge in [0.2, 0.25) is 0 Å². The number of nitrogens with one attached hydrogen (secondary N) is 1. The molecule has 3 N–H and O–H groups in total. The molecule has 0 aliphatic heterocycles. The van der Waals surface area contributed by atoms with Gasteiger partial charge in [-0.1, -0.05) is 59.7 Å². The Balaban J connectivity index is 2.27. The molecule has 0 fully saturated rings. The number of hydrogen-bond acceptors (Lipinski definition) is 3. The number of para-hydroxylation sites is 1. The first-order valence-electron chi connectivity index (χ1n) is 8.82. The summed E-state index contributed by atoms with van der Waals surface area (Å²) in [6.45, 7) is 13.1. The van der Waals surface area contributed by atoms with Gasteiger partial charge in [0, 0.05) is 5.69 Å². The lowest BCUT2D eigenvalue weighted by molar-refractivity contribution is 0.0956. The summed E-state index contributed by atoms with van der Waals surface area (Å²) in [7, 11) is 0. The molecule has 0 aliphatic carbocycles. The molecule has 2 aromatic carbocycles. The molecule has 0 unspecified atom stereocenters. The van der Waals surface area contributed by atoms with E-state index in [2.05, 4.69) is 70.3 Å². The molecule has 26 heavy (non-hydrogen) atoms. The van der Waals surface area contributed by atoms with Gasteiger partial charge in [0.1, 0.15) is 0 Å². The van der Waals surface area contributed by atoms with Gasteiger partial charge in [0.05, 0.1) is 11.8 Å². The Bertz CT molecular complexity index is 792. The highest BCUT2D eigenvalue weighted by Gasteiger charge is 2.20. The maximum Gasteiger partial charge on any atom is 0.273 e. The topological polar surface area (TPSA) is 67.5 Å². The van der Waals surface area contributed by atoms with Crippen molar-refractivity contribution in [3.8, 4) is 0 Å². The summed E-state index contributed by atoms with van der Waals surface area (Å²) in [4.78, 5) is 12.2. The van der Waals surface area contributed by atoms with E-state index in [1.54, 1.807) is 30.5 Å². The number of carbonyl (C=O) groups excluding carboxylic acids is 1. The first-order valence-corrected chi connectivity index (χ1v) is 8.82. The smallest absolute Gasteiger partial charge is 0.273 e. The molecule has 2 aromatic rings. The number of nitrogens with zero attached hydrogens (tertiary/aromatic N) is 1. The molecule has 0 bridgehead atoms. The van der Waals surface area contributed by atoms with Crippen molar-refractivity contribution in [2.75, 3.05) is 5.73 Å². The highest BCUT2D eigenvalue weighted by Crippen LogP contribution is 2.29. The first kappa shape index (κ1) is 19.7. The van der Waals surface area contributed by atoms with Crippen LogP contribution >= 0.6 is 0 Å². The second kappa shape index (κ2) is 7.32. The van der Waals surface area contributed by atoms with Crippen molar-refractivity contribution in [1.82, 2.24) is 5.43 Å². The summed E-state index contributed by atoms with van der Waals surface area (Å²) in [6.07, 6.45) is 1.68. The molecular formula is C22H29N3O. The van der Waals surface area contributed by atoms with Crippen molar-refractivity contribution in [1.29, 1.82) is 0 Å². The molecule has 138 valence electrons. The summed E-state index contributed by atoms with van der Waals surface area (Å²) >= 11 is 0. The van der Waals surface area contributed by atoms with Crippen LogP contribution in [0.4, 0.5) is 5.69 Å². The highest BCUT2D eigenvalue weighted by molar-refractivity contribution is 5.99. The zero-order chi connectivity index (χ0) is 19.5. The van der Waals surface area contributed by atoms with Crippen molar-refractivity contribution in [3.05, 3.63) is 64.7 Å². The van der Waals surface area contributed by atoms with Crippen molar-refractivity contribution in [3.63, 3.8) is 0 Å². The predicted molar refractivity (Wildman–Crippen MR) is 110 cm³/mol. The summed E-state index contributed by atoms with van der Waals surface area (Å²) in [5.74, 6) is -0.317. The molecular weight excluding hydrogens is 322 g/mol. The summed E-state index contributed by atoms with van der Waals surface area (Å²) in [6, 6.07) is 13.4. The fraction of sp³-hybridized carbons (Fsp3) is 0.364. The molecule has 0 saturated heterocycles. The molecule has 0 aliphatic rings. The van der Waals surface area contributed by atoms with E-state index in [0.717, 1.165) is 5.56 Å². The number of nitrogen functional groups attached to an aromatic ring is 1. The van der Waals surface area contributed by atoms with E-state index < -0.39 is 0 Å². The summed E-state index contributed by atoms with van der Waals surface area (Å²) in [5, 5.41) is 4.13. The number of carbonyl (C=O) groups is 1. The van der Waals surface area contributed by atoms with Crippen LogP contribution < -0.4 is 11.2 Å². The Morgan fingerprint density at radius 2 is 1.50 bits per heavy atom. The molecule has 2 rings (SSSR count). The van der Waals surface area contributed by atoms with Crippen molar-refractivity contribution >= 4 is 17.8 Å². The number of hydrogen-bond donors (Lipinski definition) is 2. The third kappa shape index (κ3) is 4.94. The monoisotopic (exact) mass is 351 g/mol. The zero-order valence-corrected chi connectivity index (χ0v) is 16.6. The van der Waals surface area contributed by atoms with Crippen LogP contribution in [0.15, 0.2) is 47.6 Å². The van der Waals surface area contributed by atoms with Gasteiger partial charge in [-0.2, -0.15) is 5.10 Å². The van der Waals surface area contributed by atoms with Gasteiger partial charge in [-0.15, -0.1) is 0 Å². The zero-order valence-electron chi connectivity index (χ0n) is 16.6. The fourth-order valence-electron chi connectivity index (χ4n) is 2.52. The Kier molecular flexibility index (Phi) is 5.55. The minimum atomic E-state index is -0.317. The summed E-state index contributed by atoms with van der Waals surface area (Å²) in [5.41, 5.74) is 12.7. The third-order valence-electron chi connectivity index (χ3n) is 4.27. The minimum Gasteiger partial charge on any atom is -0.398 e. The second-order valence-corrected chi connectivity index (χ2v) is 8.63. The van der Waals surface area contributed by atoms with Gasteiger partial charge in [-0.25, -0.2) is 5.43 Å². The van der Waals surface area contributed by atoms with Gasteiger partial charge in [0.25, 0.3) is 5.91 Å². The molecule has 0 spiro atoms. The number of amides is 1. The molecule has 4 heteroatoms. The van der Waals surface area contributed by atoms with Crippen LogP contribution in [-0.2, 0) is 10.8 Å². The van der Waals surface area contributed by atoms with Gasteiger partial charge < -0.3 is 5.73 Å². The van der Waals surface area contributed by atoms with Crippen LogP contribution in [0, 0.1) is 0 Å². The van der Waals surface area contributed by atoms with E-state index in [9.17, 15) is 4.79 Å². The van der Waals surface area contributed by atoms with E-state index in [-0.39, 0.29) is 16.7 Å². The molecule has 0 saturated carbocycles. The standard InChI is InChI=1S/C22H29N3O/c1-21(2,3)16-11-15(12-17(13-16)22(4,5)6)14-24-25-20(26)18-9-7-8-10-19(18)23/h7-14H,23H2,1-6H3,(H,25,26)/b24-14-. The Morgan fingerprint density at radius 3 is 2.00 bits per heavy atom. The van der Waals surface area contributed by atoms with Gasteiger partial charge in [0.15, 0.2) is 0 Å². The van der Waals surface area contributed by atoms with Crippen LogP contribution in [0.3, 0.4) is 0 Å². The van der Waals surface area contributed by atoms with Crippen LogP contribution in [0.5, 0.6) is 0 Å². The van der Waals surface area contributed by atoms with E-state index in [4.69, 9.17) is 5.73 Å². The number of hydrazone groups is 1. The van der Waals surface area contributed by atoms with Crippen LogP contribution in [-0.4, -0.2) is 12.1 Å². The number of nitrogens with two attached hydrogens (primary N) is 1. The number of rotatable bonds is 3. The Hall–Kier alpha value is -2.62. The fourth-order valence-corrected chi connectivity index (χ4v) is 2.52. The van der Waals surface area contributed by atoms with E-state index in [1.165, 1.54) is 11.1 Å². The lowest BCUT2D eigenvalue weighted by atomic mass is 9.80. The maximum atomic E-state index is 12.2. The molecule has 1 amide bonds. The van der Waals surface area contributed by atoms with Crippen LogP contribution in [0.25, 0.3) is 0 Å². The van der Waals surface area contributed by atoms with Crippen molar-refractivity contribution in [2.45, 2.75) is 52.4 Å². The number of benzene rings is 2. The van der Waals surface area contributed by atoms with Gasteiger partial charge in [-0.05, 0) is 51.8 Å². The first-order chi connectivity index (χ1) is 12.0. The average Bonchev–Trinajstić information content (AvgIpc) is 2.53. The lowest BCUT2D eigenvalue weighted by Gasteiger charge is -2.25. The SMILES string of the molecule is CC(C)(C)c1cc(/C=N\NC(=O)c2ccccc2N)cc(C(C)(C)C)c1. The van der Waals surface area contributed by atoms with Gasteiger partial charge in [-0.3, -0.25) is 4.79 Å². The molecule has 0 heterocycles. The molecule has 0 radical (unpaired) electrons. The Labute approximate surface area is 156 Å². The van der Waals surface area contributed by atoms with Gasteiger partial charge >= 0.3 is 0 Å². The quantitative estimate of drug-likeness (QED) is 0.481. The Morgan fingerprint density at radius 1 is 0.962 bits per heavy atom. The lowest BCUT2D eigenvalue weighted by Crippen LogP contribution is -2.19. The second-order valence-electron chi connectivity index (χ2n) is 8.63. The molecule has 4 nitrogen and oxygen atoms in total. The molecule has 0 aromatic heterocycles. The van der Waals surface area contributed by atoms with E-state index >= 15 is 0 Å². The average molecular weight is 351 g/mol. The highest BCUT2D eigenvalue weighted by atomic mass is 16.2. The summed E-state index contributed by atoms with van der Waals surface area (Å²) < 4.78 is 0. The van der Waals surface area contributed by atoms with Crippen LogP contribution in [0.1, 0.15) is 68.6 Å². The normalized spacial score (nSPS) is 12.4. The van der Waals surface area contributed by atoms with Crippen LogP contribution in [0.2, 0.25) is 0 Å². The van der Waals surface area contributed by atoms with E-state index in [0.29, 0.717) is 11.3 Å². The third-order valence-corrected chi connectivity index (χ3v) is 4.27. The van der Waals surface area contributed by atoms with Crippen molar-refractivity contribution in [2.24, 2.45) is 5.10 Å².